The Hall–Kier alpha value is -3.15. The largest absolute Gasteiger partial charge is 0.472 e. The molecule has 1 saturated carbocycles. The lowest BCUT2D eigenvalue weighted by Gasteiger charge is -2.29. The van der Waals surface area contributed by atoms with Gasteiger partial charge in [-0.3, -0.25) is 4.68 Å². The summed E-state index contributed by atoms with van der Waals surface area (Å²) < 4.78 is 61.3. The minimum absolute atomic E-state index is 0.0783. The predicted octanol–water partition coefficient (Wildman–Crippen LogP) is 5.12. The van der Waals surface area contributed by atoms with Crippen molar-refractivity contribution < 1.29 is 22.3 Å². The van der Waals surface area contributed by atoms with E-state index in [4.69, 9.17) is 9.84 Å². The van der Waals surface area contributed by atoms with E-state index in [0.29, 0.717) is 37.8 Å². The third-order valence-electron chi connectivity index (χ3n) is 7.55. The van der Waals surface area contributed by atoms with Gasteiger partial charge < -0.3 is 19.9 Å². The number of anilines is 2. The summed E-state index contributed by atoms with van der Waals surface area (Å²) in [6, 6.07) is 3.19. The van der Waals surface area contributed by atoms with Gasteiger partial charge in [0.25, 0.3) is 5.88 Å². The van der Waals surface area contributed by atoms with E-state index in [-0.39, 0.29) is 6.04 Å². The zero-order chi connectivity index (χ0) is 27.0. The molecule has 1 atom stereocenters. The van der Waals surface area contributed by atoms with Gasteiger partial charge in [-0.2, -0.15) is 18.3 Å². The van der Waals surface area contributed by atoms with Crippen LogP contribution >= 0.6 is 0 Å². The van der Waals surface area contributed by atoms with E-state index >= 15 is 0 Å². The van der Waals surface area contributed by atoms with Crippen LogP contribution in [0.15, 0.2) is 24.5 Å². The highest BCUT2D eigenvalue weighted by Crippen LogP contribution is 2.38. The van der Waals surface area contributed by atoms with Crippen molar-refractivity contribution in [1.82, 2.24) is 24.6 Å². The van der Waals surface area contributed by atoms with Gasteiger partial charge in [0, 0.05) is 44.1 Å². The van der Waals surface area contributed by atoms with Crippen LogP contribution in [0.3, 0.4) is 0 Å². The van der Waals surface area contributed by atoms with E-state index in [0.717, 1.165) is 54.8 Å². The summed E-state index contributed by atoms with van der Waals surface area (Å²) in [4.78, 5) is 12.9. The van der Waals surface area contributed by atoms with Gasteiger partial charge in [-0.15, -0.1) is 0 Å². The quantitative estimate of drug-likeness (QED) is 0.421. The van der Waals surface area contributed by atoms with Crippen molar-refractivity contribution in [2.24, 2.45) is 0 Å². The molecule has 206 valence electrons. The summed E-state index contributed by atoms with van der Waals surface area (Å²) in [6.07, 6.45) is 1.15. The molecule has 12 heteroatoms. The highest BCUT2D eigenvalue weighted by molar-refractivity contribution is 5.91. The zero-order valence-electron chi connectivity index (χ0n) is 21.8. The number of fused-ring (bicyclic) bond motifs is 1. The van der Waals surface area contributed by atoms with Crippen LogP contribution in [0, 0.1) is 5.82 Å². The lowest BCUT2D eigenvalue weighted by atomic mass is 9.93. The van der Waals surface area contributed by atoms with E-state index < -0.39 is 29.5 Å². The van der Waals surface area contributed by atoms with Crippen molar-refractivity contribution in [1.29, 1.82) is 0 Å². The molecule has 5 rings (SSSR count). The maximum Gasteiger partial charge on any atom is 0.419 e. The molecule has 1 aliphatic heterocycles. The monoisotopic (exact) mass is 535 g/mol. The van der Waals surface area contributed by atoms with Gasteiger partial charge in [-0.25, -0.2) is 14.4 Å². The Morgan fingerprint density at radius 1 is 1.13 bits per heavy atom. The lowest BCUT2D eigenvalue weighted by Crippen LogP contribution is -2.31. The maximum absolute atomic E-state index is 14.4. The van der Waals surface area contributed by atoms with Gasteiger partial charge >= 0.3 is 6.18 Å². The SMILES string of the molecule is CCNc1cc2c(cn1)c(N1CC[C@H](N(C)C)C1)nn2[C@H]1CC[C@@H](Oc2nccc(C(F)(F)F)c2F)CC1. The smallest absolute Gasteiger partial charge is 0.419 e. The lowest BCUT2D eigenvalue weighted by molar-refractivity contribution is -0.140. The Morgan fingerprint density at radius 3 is 2.55 bits per heavy atom. The molecule has 2 aliphatic rings. The number of nitrogens with one attached hydrogen (secondary N) is 1. The normalized spacial score (nSPS) is 22.4. The fraction of sp³-hybridized carbons (Fsp3) is 0.577. The van der Waals surface area contributed by atoms with E-state index in [2.05, 4.69) is 43.9 Å². The van der Waals surface area contributed by atoms with E-state index in [1.807, 2.05) is 19.2 Å². The number of pyridine rings is 2. The van der Waals surface area contributed by atoms with Gasteiger partial charge in [-0.05, 0) is 59.2 Å². The number of ether oxygens (including phenoxy) is 1. The first kappa shape index (κ1) is 26.5. The molecule has 4 heterocycles. The molecule has 0 radical (unpaired) electrons. The van der Waals surface area contributed by atoms with E-state index in [1.54, 1.807) is 0 Å². The molecule has 0 unspecified atom stereocenters. The average molecular weight is 536 g/mol. The fourth-order valence-corrected chi connectivity index (χ4v) is 5.45. The minimum Gasteiger partial charge on any atom is -0.472 e. The summed E-state index contributed by atoms with van der Waals surface area (Å²) in [5.41, 5.74) is -0.371. The van der Waals surface area contributed by atoms with Crippen molar-refractivity contribution in [3.63, 3.8) is 0 Å². The standard InChI is InChI=1S/C26H33F4N7O/c1-4-31-22-13-21-19(14-33-22)24(36-12-10-17(15-36)35(2)3)34-37(21)16-5-7-18(8-6-16)38-25-23(27)20(9-11-32-25)26(28,29)30/h9,11,13-14,16-18H,4-8,10,12,15H2,1-3H3,(H,31,33)/t16-,17-,18+/m0/s1. The highest BCUT2D eigenvalue weighted by atomic mass is 19.4. The molecule has 38 heavy (non-hydrogen) atoms. The number of alkyl halides is 3. The average Bonchev–Trinajstić information content (AvgIpc) is 3.51. The van der Waals surface area contributed by atoms with Crippen molar-refractivity contribution in [2.45, 2.75) is 63.4 Å². The van der Waals surface area contributed by atoms with Crippen molar-refractivity contribution in [3.8, 4) is 5.88 Å². The minimum atomic E-state index is -4.80. The third-order valence-corrected chi connectivity index (χ3v) is 7.55. The van der Waals surface area contributed by atoms with E-state index in [9.17, 15) is 17.6 Å². The Balaban J connectivity index is 1.35. The number of rotatable bonds is 7. The number of likely N-dealkylation sites (N-methyl/N-ethyl adjacent to an activating group) is 1. The number of aromatic nitrogens is 4. The van der Waals surface area contributed by atoms with Crippen molar-refractivity contribution in [2.75, 3.05) is 43.9 Å². The van der Waals surface area contributed by atoms with Crippen LogP contribution in [0.5, 0.6) is 5.88 Å². The Bertz CT molecular complexity index is 1270. The molecule has 1 saturated heterocycles. The van der Waals surface area contributed by atoms with Crippen molar-refractivity contribution in [3.05, 3.63) is 35.9 Å². The summed E-state index contributed by atoms with van der Waals surface area (Å²) >= 11 is 0. The summed E-state index contributed by atoms with van der Waals surface area (Å²) in [5, 5.41) is 9.34. The van der Waals surface area contributed by atoms with E-state index in [1.165, 1.54) is 0 Å². The van der Waals surface area contributed by atoms with Crippen LogP contribution in [-0.2, 0) is 6.18 Å². The van der Waals surface area contributed by atoms with Gasteiger partial charge in [0.1, 0.15) is 11.9 Å². The number of nitrogens with zero attached hydrogens (tertiary/aromatic N) is 6. The second kappa shape index (κ2) is 10.5. The molecule has 1 aliphatic carbocycles. The highest BCUT2D eigenvalue weighted by Gasteiger charge is 2.37. The molecule has 3 aromatic heterocycles. The molecule has 0 bridgehead atoms. The molecule has 8 nitrogen and oxygen atoms in total. The first-order valence-corrected chi connectivity index (χ1v) is 13.1. The van der Waals surface area contributed by atoms with Crippen LogP contribution in [-0.4, -0.2) is 70.5 Å². The van der Waals surface area contributed by atoms with Gasteiger partial charge in [-0.1, -0.05) is 0 Å². The second-order valence-corrected chi connectivity index (χ2v) is 10.3. The van der Waals surface area contributed by atoms with Crippen LogP contribution in [0.2, 0.25) is 0 Å². The summed E-state index contributed by atoms with van der Waals surface area (Å²) in [6.45, 7) is 4.58. The fourth-order valence-electron chi connectivity index (χ4n) is 5.45. The molecule has 0 amide bonds. The predicted molar refractivity (Wildman–Crippen MR) is 137 cm³/mol. The maximum atomic E-state index is 14.4. The Kier molecular flexibility index (Phi) is 7.34. The Morgan fingerprint density at radius 2 is 1.89 bits per heavy atom. The van der Waals surface area contributed by atoms with Crippen LogP contribution in [0.1, 0.15) is 50.6 Å². The topological polar surface area (TPSA) is 71.3 Å². The van der Waals surface area contributed by atoms with Gasteiger partial charge in [0.05, 0.1) is 22.5 Å². The third kappa shape index (κ3) is 5.23. The molecule has 2 fully saturated rings. The molecule has 1 N–H and O–H groups in total. The van der Waals surface area contributed by atoms with Crippen molar-refractivity contribution >= 4 is 22.5 Å². The molecular weight excluding hydrogens is 502 g/mol. The van der Waals surface area contributed by atoms with Crippen LogP contribution < -0.4 is 15.0 Å². The molecule has 3 aromatic rings. The molecule has 0 spiro atoms. The summed E-state index contributed by atoms with van der Waals surface area (Å²) in [5.74, 6) is -0.354. The zero-order valence-corrected chi connectivity index (χ0v) is 21.8. The number of hydrogen-bond acceptors (Lipinski definition) is 7. The first-order chi connectivity index (χ1) is 18.2. The summed E-state index contributed by atoms with van der Waals surface area (Å²) in [7, 11) is 4.19. The first-order valence-electron chi connectivity index (χ1n) is 13.1. The van der Waals surface area contributed by atoms with Gasteiger partial charge in [0.2, 0.25) is 0 Å². The second-order valence-electron chi connectivity index (χ2n) is 10.3. The van der Waals surface area contributed by atoms with Gasteiger partial charge in [0.15, 0.2) is 11.6 Å². The molecular formula is C26H33F4N7O. The van der Waals surface area contributed by atoms with Crippen LogP contribution in [0.25, 0.3) is 10.9 Å². The van der Waals surface area contributed by atoms with Crippen LogP contribution in [0.4, 0.5) is 29.2 Å². The number of hydrogen-bond donors (Lipinski definition) is 1. The number of halogens is 4. The molecule has 0 aromatic carbocycles. The Labute approximate surface area is 219 Å².